The quantitative estimate of drug-likeness (QED) is 0.712. The van der Waals surface area contributed by atoms with Gasteiger partial charge in [-0.1, -0.05) is 44.2 Å². The van der Waals surface area contributed by atoms with Crippen LogP contribution in [0.15, 0.2) is 30.3 Å². The first-order chi connectivity index (χ1) is 16.5. The highest BCUT2D eigenvalue weighted by Crippen LogP contribution is 2.58. The average Bonchev–Trinajstić information content (AvgIpc) is 3.51. The molecule has 0 radical (unpaired) electrons. The molecule has 0 spiro atoms. The first-order valence-corrected chi connectivity index (χ1v) is 12.4. The Bertz CT molecular complexity index is 1110. The van der Waals surface area contributed by atoms with E-state index in [4.69, 9.17) is 5.10 Å². The number of hydrogen-bond donors (Lipinski definition) is 1. The second-order valence-electron chi connectivity index (χ2n) is 9.83. The van der Waals surface area contributed by atoms with Gasteiger partial charge in [-0.05, 0) is 30.2 Å². The topological polar surface area (TPSA) is 87.5 Å². The number of benzene rings is 1. The van der Waals surface area contributed by atoms with Crippen LogP contribution in [0.25, 0.3) is 0 Å². The molecule has 0 unspecified atom stereocenters. The number of aromatic nitrogens is 2. The number of fused-ring (bicyclic) bond motifs is 1. The minimum atomic E-state index is -0.227. The molecule has 1 aromatic carbocycles. The van der Waals surface area contributed by atoms with Crippen molar-refractivity contribution in [2.45, 2.75) is 52.6 Å². The SMILES string of the molecule is CCC1(CC)C[C@H]1C(=O)N1CCc2c(c(C(=O)N3CCNC(=O)C3)nn2Cc2ccccc2)C1. The molecule has 34 heavy (non-hydrogen) atoms. The van der Waals surface area contributed by atoms with Crippen molar-refractivity contribution in [2.75, 3.05) is 26.2 Å². The van der Waals surface area contributed by atoms with Gasteiger partial charge in [0, 0.05) is 49.8 Å². The van der Waals surface area contributed by atoms with Crippen LogP contribution in [0.2, 0.25) is 0 Å². The van der Waals surface area contributed by atoms with Gasteiger partial charge in [0.15, 0.2) is 5.69 Å². The Morgan fingerprint density at radius 3 is 2.53 bits per heavy atom. The van der Waals surface area contributed by atoms with E-state index in [0.29, 0.717) is 44.8 Å². The third kappa shape index (κ3) is 3.99. The van der Waals surface area contributed by atoms with Gasteiger partial charge in [-0.15, -0.1) is 0 Å². The normalized spacial score (nSPS) is 21.1. The Labute approximate surface area is 200 Å². The van der Waals surface area contributed by atoms with E-state index in [1.54, 1.807) is 4.90 Å². The predicted octanol–water partition coefficient (Wildman–Crippen LogP) is 2.21. The maximum Gasteiger partial charge on any atom is 0.275 e. The van der Waals surface area contributed by atoms with E-state index < -0.39 is 0 Å². The molecule has 180 valence electrons. The summed E-state index contributed by atoms with van der Waals surface area (Å²) in [5.74, 6) is -0.0810. The third-order valence-corrected chi connectivity index (χ3v) is 8.05. The summed E-state index contributed by atoms with van der Waals surface area (Å²) < 4.78 is 1.92. The molecule has 1 N–H and O–H groups in total. The zero-order valence-electron chi connectivity index (χ0n) is 20.0. The van der Waals surface area contributed by atoms with Gasteiger partial charge in [-0.25, -0.2) is 0 Å². The first kappa shape index (κ1) is 22.6. The van der Waals surface area contributed by atoms with Gasteiger partial charge in [0.2, 0.25) is 11.8 Å². The van der Waals surface area contributed by atoms with Crippen molar-refractivity contribution in [3.63, 3.8) is 0 Å². The van der Waals surface area contributed by atoms with Crippen LogP contribution in [0, 0.1) is 11.3 Å². The number of piperazine rings is 1. The Kier molecular flexibility index (Phi) is 5.91. The predicted molar refractivity (Wildman–Crippen MR) is 127 cm³/mol. The third-order valence-electron chi connectivity index (χ3n) is 8.05. The number of amides is 3. The summed E-state index contributed by atoms with van der Waals surface area (Å²) in [5.41, 5.74) is 3.49. The number of nitrogens with one attached hydrogen (secondary N) is 1. The van der Waals surface area contributed by atoms with Crippen molar-refractivity contribution in [3.8, 4) is 0 Å². The lowest BCUT2D eigenvalue weighted by atomic mass is 9.95. The van der Waals surface area contributed by atoms with Gasteiger partial charge in [-0.3, -0.25) is 19.1 Å². The van der Waals surface area contributed by atoms with Crippen LogP contribution < -0.4 is 5.32 Å². The number of nitrogens with zero attached hydrogens (tertiary/aromatic N) is 4. The summed E-state index contributed by atoms with van der Waals surface area (Å²) in [6.07, 6.45) is 3.68. The minimum absolute atomic E-state index is 0.0411. The highest BCUT2D eigenvalue weighted by Gasteiger charge is 2.56. The van der Waals surface area contributed by atoms with Crippen molar-refractivity contribution in [1.29, 1.82) is 0 Å². The minimum Gasteiger partial charge on any atom is -0.353 e. The Morgan fingerprint density at radius 2 is 1.85 bits per heavy atom. The summed E-state index contributed by atoms with van der Waals surface area (Å²) >= 11 is 0. The smallest absolute Gasteiger partial charge is 0.275 e. The summed E-state index contributed by atoms with van der Waals surface area (Å²) in [4.78, 5) is 42.2. The standard InChI is InChI=1S/C26H33N5O3/c1-3-26(4-2)14-20(26)24(33)29-12-10-21-19(16-29)23(25(34)30-13-11-27-22(32)17-30)28-31(21)15-18-8-6-5-7-9-18/h5-9,20H,3-4,10-17H2,1-2H3,(H,27,32)/t20-/m0/s1. The molecule has 1 saturated carbocycles. The van der Waals surface area contributed by atoms with Crippen LogP contribution in [-0.4, -0.2) is 63.5 Å². The van der Waals surface area contributed by atoms with Crippen molar-refractivity contribution < 1.29 is 14.4 Å². The molecule has 1 atom stereocenters. The van der Waals surface area contributed by atoms with Gasteiger partial charge >= 0.3 is 0 Å². The summed E-state index contributed by atoms with van der Waals surface area (Å²) in [7, 11) is 0. The molecule has 2 aliphatic heterocycles. The number of carbonyl (C=O) groups excluding carboxylic acids is 3. The molecule has 3 amide bonds. The summed E-state index contributed by atoms with van der Waals surface area (Å²) in [6.45, 7) is 6.91. The van der Waals surface area contributed by atoms with Crippen molar-refractivity contribution in [3.05, 3.63) is 52.8 Å². The van der Waals surface area contributed by atoms with Crippen LogP contribution in [0.1, 0.15) is 60.4 Å². The fourth-order valence-corrected chi connectivity index (χ4v) is 5.65. The largest absolute Gasteiger partial charge is 0.353 e. The second kappa shape index (κ2) is 8.89. The average molecular weight is 464 g/mol. The Morgan fingerprint density at radius 1 is 1.09 bits per heavy atom. The second-order valence-corrected chi connectivity index (χ2v) is 9.83. The zero-order valence-corrected chi connectivity index (χ0v) is 20.0. The molecule has 1 aliphatic carbocycles. The van der Waals surface area contributed by atoms with Crippen molar-refractivity contribution in [2.24, 2.45) is 11.3 Å². The first-order valence-electron chi connectivity index (χ1n) is 12.4. The summed E-state index contributed by atoms with van der Waals surface area (Å²) in [5, 5.41) is 7.53. The molecule has 3 aliphatic rings. The molecular weight excluding hydrogens is 430 g/mol. The lowest BCUT2D eigenvalue weighted by molar-refractivity contribution is -0.134. The Hall–Kier alpha value is -3.16. The van der Waals surface area contributed by atoms with Crippen molar-refractivity contribution in [1.82, 2.24) is 24.9 Å². The van der Waals surface area contributed by atoms with Crippen LogP contribution in [0.4, 0.5) is 0 Å². The molecule has 2 fully saturated rings. The van der Waals surface area contributed by atoms with Crippen LogP contribution in [0.5, 0.6) is 0 Å². The van der Waals surface area contributed by atoms with Crippen LogP contribution in [0.3, 0.4) is 0 Å². The Balaban J connectivity index is 1.44. The monoisotopic (exact) mass is 463 g/mol. The van der Waals surface area contributed by atoms with E-state index in [1.807, 2.05) is 39.9 Å². The summed E-state index contributed by atoms with van der Waals surface area (Å²) in [6, 6.07) is 10.1. The molecule has 8 nitrogen and oxygen atoms in total. The number of hydrogen-bond acceptors (Lipinski definition) is 4. The molecule has 8 heteroatoms. The van der Waals surface area contributed by atoms with Gasteiger partial charge in [0.1, 0.15) is 0 Å². The lowest BCUT2D eigenvalue weighted by Gasteiger charge is -2.30. The van der Waals surface area contributed by atoms with Gasteiger partial charge in [0.05, 0.1) is 13.1 Å². The maximum absolute atomic E-state index is 13.5. The molecule has 0 bridgehead atoms. The van der Waals surface area contributed by atoms with E-state index in [1.165, 1.54) is 0 Å². The van der Waals surface area contributed by atoms with Crippen LogP contribution >= 0.6 is 0 Å². The van der Waals surface area contributed by atoms with Gasteiger partial charge in [0.25, 0.3) is 5.91 Å². The number of rotatable bonds is 6. The van der Waals surface area contributed by atoms with E-state index in [0.717, 1.165) is 36.1 Å². The molecule has 2 aromatic rings. The van der Waals surface area contributed by atoms with Crippen LogP contribution in [-0.2, 0) is 29.1 Å². The maximum atomic E-state index is 13.5. The van der Waals surface area contributed by atoms with Crippen molar-refractivity contribution >= 4 is 17.7 Å². The fourth-order valence-electron chi connectivity index (χ4n) is 5.65. The highest BCUT2D eigenvalue weighted by atomic mass is 16.2. The highest BCUT2D eigenvalue weighted by molar-refractivity contribution is 5.97. The lowest BCUT2D eigenvalue weighted by Crippen LogP contribution is -2.50. The van der Waals surface area contributed by atoms with E-state index >= 15 is 0 Å². The molecule has 5 rings (SSSR count). The molecular formula is C26H33N5O3. The van der Waals surface area contributed by atoms with E-state index in [9.17, 15) is 14.4 Å². The zero-order chi connectivity index (χ0) is 23.9. The van der Waals surface area contributed by atoms with E-state index in [2.05, 4.69) is 19.2 Å². The molecule has 1 aromatic heterocycles. The fraction of sp³-hybridized carbons (Fsp3) is 0.538. The van der Waals surface area contributed by atoms with Gasteiger partial charge < -0.3 is 15.1 Å². The van der Waals surface area contributed by atoms with E-state index in [-0.39, 0.29) is 35.6 Å². The van der Waals surface area contributed by atoms with Gasteiger partial charge in [-0.2, -0.15) is 5.10 Å². The molecule has 1 saturated heterocycles. The number of carbonyl (C=O) groups is 3. The molecule has 3 heterocycles.